The third-order valence-corrected chi connectivity index (χ3v) is 3.50. The molecule has 5 heteroatoms. The molecular weight excluding hydrogens is 271 g/mol. The van der Waals surface area contributed by atoms with E-state index in [2.05, 4.69) is 5.32 Å². The molecule has 0 bridgehead atoms. The van der Waals surface area contributed by atoms with Crippen LogP contribution in [-0.2, 0) is 0 Å². The Hall–Kier alpha value is -2.56. The minimum Gasteiger partial charge on any atom is -0.507 e. The van der Waals surface area contributed by atoms with Gasteiger partial charge in [-0.3, -0.25) is 4.79 Å². The Kier molecular flexibility index (Phi) is 3.48. The minimum absolute atomic E-state index is 0.0216. The van der Waals surface area contributed by atoms with Crippen LogP contribution in [0.25, 0.3) is 0 Å². The molecule has 1 aliphatic rings. The number of hydrogen-bond donors (Lipinski definition) is 2. The van der Waals surface area contributed by atoms with Gasteiger partial charge < -0.3 is 15.3 Å². The number of benzene rings is 2. The van der Waals surface area contributed by atoms with E-state index in [1.54, 1.807) is 4.90 Å². The van der Waals surface area contributed by atoms with E-state index in [9.17, 15) is 14.3 Å². The number of halogens is 1. The van der Waals surface area contributed by atoms with Gasteiger partial charge in [0.25, 0.3) is 5.91 Å². The third kappa shape index (κ3) is 2.54. The van der Waals surface area contributed by atoms with E-state index in [-0.39, 0.29) is 11.3 Å². The van der Waals surface area contributed by atoms with Crippen molar-refractivity contribution in [2.75, 3.05) is 23.3 Å². The number of carbonyl (C=O) groups excluding carboxylic acids is 1. The van der Waals surface area contributed by atoms with Crippen molar-refractivity contribution in [1.29, 1.82) is 0 Å². The van der Waals surface area contributed by atoms with Gasteiger partial charge in [0.2, 0.25) is 0 Å². The van der Waals surface area contributed by atoms with Crippen molar-refractivity contribution in [1.82, 2.24) is 0 Å². The number of anilines is 2. The first-order chi connectivity index (χ1) is 10.2. The fourth-order valence-electron chi connectivity index (χ4n) is 2.48. The molecule has 0 radical (unpaired) electrons. The molecule has 0 aromatic heterocycles. The van der Waals surface area contributed by atoms with Crippen molar-refractivity contribution >= 4 is 17.3 Å². The van der Waals surface area contributed by atoms with Crippen LogP contribution in [0.2, 0.25) is 0 Å². The van der Waals surface area contributed by atoms with E-state index in [1.807, 2.05) is 24.3 Å². The van der Waals surface area contributed by atoms with E-state index < -0.39 is 11.7 Å². The highest BCUT2D eigenvalue weighted by Crippen LogP contribution is 2.30. The van der Waals surface area contributed by atoms with Gasteiger partial charge in [-0.2, -0.15) is 0 Å². The number of phenolic OH excluding ortho intramolecular Hbond substituents is 1. The number of carbonyl (C=O) groups is 1. The van der Waals surface area contributed by atoms with Crippen molar-refractivity contribution < 1.29 is 14.3 Å². The number of fused-ring (bicyclic) bond motifs is 1. The normalized spacial score (nSPS) is 14.0. The molecule has 0 unspecified atom stereocenters. The molecule has 2 aromatic rings. The molecule has 21 heavy (non-hydrogen) atoms. The summed E-state index contributed by atoms with van der Waals surface area (Å²) in [4.78, 5) is 14.2. The molecule has 2 aromatic carbocycles. The maximum atomic E-state index is 13.4. The number of amides is 1. The van der Waals surface area contributed by atoms with Crippen LogP contribution in [0.4, 0.5) is 15.8 Å². The zero-order valence-corrected chi connectivity index (χ0v) is 11.3. The Balaban J connectivity index is 2.03. The molecule has 108 valence electrons. The average Bonchev–Trinajstić information content (AvgIpc) is 2.71. The van der Waals surface area contributed by atoms with Crippen molar-refractivity contribution in [2.24, 2.45) is 0 Å². The van der Waals surface area contributed by atoms with E-state index in [4.69, 9.17) is 0 Å². The van der Waals surface area contributed by atoms with Gasteiger partial charge in [0, 0.05) is 13.1 Å². The van der Waals surface area contributed by atoms with Gasteiger partial charge in [0.05, 0.1) is 16.9 Å². The van der Waals surface area contributed by atoms with Crippen molar-refractivity contribution in [3.05, 3.63) is 53.8 Å². The third-order valence-electron chi connectivity index (χ3n) is 3.50. The highest BCUT2D eigenvalue weighted by molar-refractivity contribution is 6.09. The van der Waals surface area contributed by atoms with E-state index in [1.165, 1.54) is 6.07 Å². The van der Waals surface area contributed by atoms with Crippen LogP contribution in [0, 0.1) is 5.82 Å². The lowest BCUT2D eigenvalue weighted by molar-refractivity contribution is 0.0984. The second-order valence-electron chi connectivity index (χ2n) is 4.92. The summed E-state index contributed by atoms with van der Waals surface area (Å²) in [6.45, 7) is 1.27. The molecule has 1 heterocycles. The lowest BCUT2D eigenvalue weighted by atomic mass is 10.1. The van der Waals surface area contributed by atoms with Crippen LogP contribution in [0.15, 0.2) is 42.5 Å². The standard InChI is InChI=1S/C16H15FN2O2/c17-11-6-7-15(20)12(10-11)16(21)19-9-3-8-18-13-4-1-2-5-14(13)19/h1-2,4-7,10,18,20H,3,8-9H2. The Morgan fingerprint density at radius 1 is 1.24 bits per heavy atom. The van der Waals surface area contributed by atoms with Gasteiger partial charge in [0.1, 0.15) is 11.6 Å². The Labute approximate surface area is 121 Å². The van der Waals surface area contributed by atoms with Crippen LogP contribution in [0.5, 0.6) is 5.75 Å². The molecule has 0 aliphatic carbocycles. The van der Waals surface area contributed by atoms with Gasteiger partial charge in [0.15, 0.2) is 0 Å². The molecule has 1 amide bonds. The second kappa shape index (κ2) is 5.44. The first-order valence-corrected chi connectivity index (χ1v) is 6.80. The predicted octanol–water partition coefficient (Wildman–Crippen LogP) is 2.99. The van der Waals surface area contributed by atoms with Gasteiger partial charge >= 0.3 is 0 Å². The van der Waals surface area contributed by atoms with Crippen molar-refractivity contribution in [3.63, 3.8) is 0 Å². The topological polar surface area (TPSA) is 52.6 Å². The molecule has 4 nitrogen and oxygen atoms in total. The summed E-state index contributed by atoms with van der Waals surface area (Å²) in [5, 5.41) is 13.1. The van der Waals surface area contributed by atoms with Gasteiger partial charge in [-0.15, -0.1) is 0 Å². The molecule has 0 saturated carbocycles. The summed E-state index contributed by atoms with van der Waals surface area (Å²) in [7, 11) is 0. The fraction of sp³-hybridized carbons (Fsp3) is 0.188. The Bertz CT molecular complexity index is 688. The zero-order valence-electron chi connectivity index (χ0n) is 11.3. The zero-order chi connectivity index (χ0) is 14.8. The second-order valence-corrected chi connectivity index (χ2v) is 4.92. The molecule has 3 rings (SSSR count). The first kappa shape index (κ1) is 13.4. The van der Waals surface area contributed by atoms with Crippen LogP contribution in [-0.4, -0.2) is 24.1 Å². The minimum atomic E-state index is -0.544. The van der Waals surface area contributed by atoms with Crippen molar-refractivity contribution in [3.8, 4) is 5.75 Å². The number of hydrogen-bond acceptors (Lipinski definition) is 3. The summed E-state index contributed by atoms with van der Waals surface area (Å²) in [5.74, 6) is -1.16. The Morgan fingerprint density at radius 2 is 2.05 bits per heavy atom. The number of aromatic hydroxyl groups is 1. The quantitative estimate of drug-likeness (QED) is 0.847. The predicted molar refractivity (Wildman–Crippen MR) is 79.3 cm³/mol. The van der Waals surface area contributed by atoms with Gasteiger partial charge in [-0.25, -0.2) is 4.39 Å². The highest BCUT2D eigenvalue weighted by atomic mass is 19.1. The van der Waals surface area contributed by atoms with Crippen LogP contribution < -0.4 is 10.2 Å². The lowest BCUT2D eigenvalue weighted by Gasteiger charge is -2.22. The molecule has 0 fully saturated rings. The number of nitrogens with zero attached hydrogens (tertiary/aromatic N) is 1. The van der Waals surface area contributed by atoms with Crippen LogP contribution in [0.1, 0.15) is 16.8 Å². The Morgan fingerprint density at radius 3 is 2.90 bits per heavy atom. The molecule has 2 N–H and O–H groups in total. The van der Waals surface area contributed by atoms with Crippen molar-refractivity contribution in [2.45, 2.75) is 6.42 Å². The first-order valence-electron chi connectivity index (χ1n) is 6.80. The maximum Gasteiger partial charge on any atom is 0.262 e. The number of para-hydroxylation sites is 2. The number of phenols is 1. The molecular formula is C16H15FN2O2. The average molecular weight is 286 g/mol. The smallest absolute Gasteiger partial charge is 0.262 e. The van der Waals surface area contributed by atoms with Crippen LogP contribution in [0.3, 0.4) is 0 Å². The lowest BCUT2D eigenvalue weighted by Crippen LogP contribution is -2.31. The SMILES string of the molecule is O=C(c1cc(F)ccc1O)N1CCCNc2ccccc21. The van der Waals surface area contributed by atoms with E-state index in [0.29, 0.717) is 6.54 Å². The highest BCUT2D eigenvalue weighted by Gasteiger charge is 2.24. The maximum absolute atomic E-state index is 13.4. The van der Waals surface area contributed by atoms with E-state index in [0.717, 1.165) is 36.5 Å². The molecule has 0 atom stereocenters. The monoisotopic (exact) mass is 286 g/mol. The van der Waals surface area contributed by atoms with E-state index >= 15 is 0 Å². The van der Waals surface area contributed by atoms with Gasteiger partial charge in [-0.1, -0.05) is 12.1 Å². The summed E-state index contributed by atoms with van der Waals surface area (Å²) in [6.07, 6.45) is 0.774. The largest absolute Gasteiger partial charge is 0.507 e. The molecule has 1 aliphatic heterocycles. The number of nitrogens with one attached hydrogen (secondary N) is 1. The summed E-state index contributed by atoms with van der Waals surface area (Å²) in [6, 6.07) is 10.9. The van der Waals surface area contributed by atoms with Crippen LogP contribution >= 0.6 is 0 Å². The summed E-state index contributed by atoms with van der Waals surface area (Å²) >= 11 is 0. The molecule has 0 saturated heterocycles. The summed E-state index contributed by atoms with van der Waals surface area (Å²) < 4.78 is 13.4. The fourth-order valence-corrected chi connectivity index (χ4v) is 2.48. The summed E-state index contributed by atoms with van der Waals surface area (Å²) in [5.41, 5.74) is 1.58. The molecule has 0 spiro atoms. The number of rotatable bonds is 1. The van der Waals surface area contributed by atoms with Gasteiger partial charge in [-0.05, 0) is 36.8 Å².